The molecule has 0 aromatic carbocycles. The van der Waals surface area contributed by atoms with Crippen molar-refractivity contribution >= 4 is 0 Å². The van der Waals surface area contributed by atoms with Crippen LogP contribution in [0, 0.1) is 0 Å². The van der Waals surface area contributed by atoms with Crippen molar-refractivity contribution in [1.82, 2.24) is 10.4 Å². The van der Waals surface area contributed by atoms with Crippen molar-refractivity contribution in [2.75, 3.05) is 13.2 Å². The van der Waals surface area contributed by atoms with Crippen molar-refractivity contribution in [3.63, 3.8) is 0 Å². The molecule has 0 aliphatic rings. The summed E-state index contributed by atoms with van der Waals surface area (Å²) >= 11 is 0. The summed E-state index contributed by atoms with van der Waals surface area (Å²) in [6.45, 7) is 9.32. The first-order valence-electron chi connectivity index (χ1n) is 6.79. The molecule has 5 heteroatoms. The summed E-state index contributed by atoms with van der Waals surface area (Å²) < 4.78 is 11.4. The first-order valence-corrected chi connectivity index (χ1v) is 6.79. The van der Waals surface area contributed by atoms with Gasteiger partial charge in [-0.15, -0.1) is 0 Å². The van der Waals surface area contributed by atoms with Gasteiger partial charge in [-0.1, -0.05) is 6.92 Å². The second kappa shape index (κ2) is 7.43. The van der Waals surface area contributed by atoms with Gasteiger partial charge in [0, 0.05) is 12.8 Å². The number of hydrogen-bond acceptors (Lipinski definition) is 5. The molecule has 2 unspecified atom stereocenters. The fraction of sp³-hybridized carbons (Fsp3) is 0.643. The highest BCUT2D eigenvalue weighted by molar-refractivity contribution is 5.27. The van der Waals surface area contributed by atoms with Crippen LogP contribution in [-0.2, 0) is 4.74 Å². The maximum absolute atomic E-state index is 5.87. The van der Waals surface area contributed by atoms with E-state index >= 15 is 0 Å². The molecule has 1 rings (SSSR count). The van der Waals surface area contributed by atoms with E-state index in [1.54, 1.807) is 12.4 Å². The van der Waals surface area contributed by atoms with Crippen LogP contribution in [0.3, 0.4) is 0 Å². The summed E-state index contributed by atoms with van der Waals surface area (Å²) in [7, 11) is 0. The Labute approximate surface area is 115 Å². The van der Waals surface area contributed by atoms with Crippen LogP contribution in [0.25, 0.3) is 0 Å². The van der Waals surface area contributed by atoms with Crippen LogP contribution in [0.2, 0.25) is 0 Å². The first kappa shape index (κ1) is 15.9. The largest absolute Gasteiger partial charge is 0.492 e. The summed E-state index contributed by atoms with van der Waals surface area (Å²) in [6, 6.07) is 1.82. The molecule has 0 aliphatic heterocycles. The molecule has 0 saturated carbocycles. The Morgan fingerprint density at radius 2 is 2.05 bits per heavy atom. The Hall–Kier alpha value is -1.17. The van der Waals surface area contributed by atoms with Gasteiger partial charge in [-0.25, -0.2) is 0 Å². The minimum Gasteiger partial charge on any atom is -0.492 e. The van der Waals surface area contributed by atoms with Gasteiger partial charge in [0.25, 0.3) is 0 Å². The highest BCUT2D eigenvalue weighted by Crippen LogP contribution is 2.32. The lowest BCUT2D eigenvalue weighted by molar-refractivity contribution is -0.0565. The number of hydrazine groups is 1. The lowest BCUT2D eigenvalue weighted by Crippen LogP contribution is -2.46. The Morgan fingerprint density at radius 3 is 2.58 bits per heavy atom. The van der Waals surface area contributed by atoms with Crippen molar-refractivity contribution in [1.29, 1.82) is 0 Å². The maximum atomic E-state index is 5.87. The molecule has 3 N–H and O–H groups in total. The molecule has 0 amide bonds. The minimum absolute atomic E-state index is 0.134. The van der Waals surface area contributed by atoms with E-state index in [1.165, 1.54) is 0 Å². The molecule has 1 aromatic rings. The van der Waals surface area contributed by atoms with Crippen LogP contribution in [0.4, 0.5) is 0 Å². The van der Waals surface area contributed by atoms with Crippen LogP contribution in [-0.4, -0.2) is 23.8 Å². The van der Waals surface area contributed by atoms with Crippen molar-refractivity contribution in [2.24, 2.45) is 5.84 Å². The van der Waals surface area contributed by atoms with Crippen molar-refractivity contribution < 1.29 is 9.47 Å². The van der Waals surface area contributed by atoms with Gasteiger partial charge in [0.05, 0.1) is 24.4 Å². The highest BCUT2D eigenvalue weighted by atomic mass is 16.5. The van der Waals surface area contributed by atoms with Crippen molar-refractivity contribution in [3.8, 4) is 5.75 Å². The number of nitrogens with two attached hydrogens (primary N) is 1. The monoisotopic (exact) mass is 267 g/mol. The minimum atomic E-state index is -0.379. The predicted molar refractivity (Wildman–Crippen MR) is 75.8 cm³/mol. The lowest BCUT2D eigenvalue weighted by atomic mass is 9.88. The summed E-state index contributed by atoms with van der Waals surface area (Å²) in [6.07, 6.45) is 4.33. The van der Waals surface area contributed by atoms with Crippen molar-refractivity contribution in [2.45, 2.75) is 45.8 Å². The molecule has 0 saturated heterocycles. The zero-order chi connectivity index (χ0) is 14.3. The molecular formula is C14H25N3O2. The molecule has 1 aromatic heterocycles. The smallest absolute Gasteiger partial charge is 0.137 e. The lowest BCUT2D eigenvalue weighted by Gasteiger charge is -2.36. The van der Waals surface area contributed by atoms with Gasteiger partial charge in [0.2, 0.25) is 0 Å². The van der Waals surface area contributed by atoms with E-state index in [1.807, 2.05) is 26.8 Å². The molecule has 0 radical (unpaired) electrons. The molecule has 0 aliphatic carbocycles. The van der Waals surface area contributed by atoms with Gasteiger partial charge in [-0.3, -0.25) is 16.3 Å². The molecule has 5 nitrogen and oxygen atoms in total. The third-order valence-corrected chi connectivity index (χ3v) is 3.33. The zero-order valence-corrected chi connectivity index (χ0v) is 12.3. The average molecular weight is 267 g/mol. The van der Waals surface area contributed by atoms with E-state index in [4.69, 9.17) is 15.3 Å². The highest BCUT2D eigenvalue weighted by Gasteiger charge is 2.34. The van der Waals surface area contributed by atoms with Crippen LogP contribution in [0.5, 0.6) is 5.75 Å². The van der Waals surface area contributed by atoms with Gasteiger partial charge >= 0.3 is 0 Å². The summed E-state index contributed by atoms with van der Waals surface area (Å²) in [5.74, 6) is 6.47. The molecular weight excluding hydrogens is 242 g/mol. The number of aromatic nitrogens is 1. The van der Waals surface area contributed by atoms with Crippen molar-refractivity contribution in [3.05, 3.63) is 24.0 Å². The summed E-state index contributed by atoms with van der Waals surface area (Å²) in [4.78, 5) is 4.20. The second-order valence-corrected chi connectivity index (χ2v) is 4.59. The Kier molecular flexibility index (Phi) is 6.21. The van der Waals surface area contributed by atoms with Gasteiger partial charge in [-0.05, 0) is 38.8 Å². The molecule has 108 valence electrons. The van der Waals surface area contributed by atoms with Crippen LogP contribution in [0.1, 0.15) is 45.7 Å². The fourth-order valence-electron chi connectivity index (χ4n) is 2.18. The maximum Gasteiger partial charge on any atom is 0.137 e. The SMILES string of the molecule is CCOc1cncc(C(NN)C(C)(CC)OCC)c1. The van der Waals surface area contributed by atoms with Crippen LogP contribution >= 0.6 is 0 Å². The summed E-state index contributed by atoms with van der Waals surface area (Å²) in [5, 5.41) is 0. The molecule has 0 bridgehead atoms. The first-order chi connectivity index (χ1) is 9.11. The third-order valence-electron chi connectivity index (χ3n) is 3.33. The molecule has 1 heterocycles. The Morgan fingerprint density at radius 1 is 1.32 bits per heavy atom. The van der Waals surface area contributed by atoms with E-state index in [9.17, 15) is 0 Å². The van der Waals surface area contributed by atoms with E-state index in [0.717, 1.165) is 17.7 Å². The number of nitrogens with zero attached hydrogens (tertiary/aromatic N) is 1. The van der Waals surface area contributed by atoms with Crippen LogP contribution in [0.15, 0.2) is 18.5 Å². The molecule has 2 atom stereocenters. The molecule has 19 heavy (non-hydrogen) atoms. The number of ether oxygens (including phenoxy) is 2. The number of nitrogens with one attached hydrogen (secondary N) is 1. The number of pyridine rings is 1. The Bertz CT molecular complexity index is 387. The van der Waals surface area contributed by atoms with Gasteiger partial charge in [0.15, 0.2) is 0 Å². The normalized spacial score (nSPS) is 15.8. The standard InChI is InChI=1S/C14H25N3O2/c1-5-14(4,19-7-3)13(17-15)11-8-12(18-6-2)10-16-9-11/h8-10,13,17H,5-7,15H2,1-4H3. The average Bonchev–Trinajstić information content (AvgIpc) is 2.40. The predicted octanol–water partition coefficient (Wildman–Crippen LogP) is 2.19. The van der Waals surface area contributed by atoms with E-state index in [-0.39, 0.29) is 11.6 Å². The molecule has 0 spiro atoms. The molecule has 0 fully saturated rings. The van der Waals surface area contributed by atoms with E-state index in [2.05, 4.69) is 17.3 Å². The van der Waals surface area contributed by atoms with Gasteiger partial charge in [-0.2, -0.15) is 0 Å². The van der Waals surface area contributed by atoms with E-state index < -0.39 is 0 Å². The van der Waals surface area contributed by atoms with Gasteiger partial charge < -0.3 is 9.47 Å². The Balaban J connectivity index is 3.04. The third kappa shape index (κ3) is 3.89. The van der Waals surface area contributed by atoms with Crippen LogP contribution < -0.4 is 16.0 Å². The summed E-state index contributed by atoms with van der Waals surface area (Å²) in [5.41, 5.74) is 3.43. The quantitative estimate of drug-likeness (QED) is 0.558. The second-order valence-electron chi connectivity index (χ2n) is 4.59. The number of rotatable bonds is 8. The topological polar surface area (TPSA) is 69.4 Å². The zero-order valence-electron chi connectivity index (χ0n) is 12.3. The fourth-order valence-corrected chi connectivity index (χ4v) is 2.18. The van der Waals surface area contributed by atoms with Gasteiger partial charge in [0.1, 0.15) is 5.75 Å². The number of hydrogen-bond donors (Lipinski definition) is 2. The van der Waals surface area contributed by atoms with E-state index in [0.29, 0.717) is 13.2 Å².